The molecule has 0 aliphatic carbocycles. The zero-order valence-corrected chi connectivity index (χ0v) is 12.0. The minimum absolute atomic E-state index is 0. The van der Waals surface area contributed by atoms with E-state index in [-0.39, 0.29) is 18.3 Å². The number of ether oxygens (including phenoxy) is 1. The number of carbonyl (C=O) groups is 1. The molecule has 1 heterocycles. The molecule has 3 N–H and O–H groups in total. The second-order valence-electron chi connectivity index (χ2n) is 4.81. The number of nitrogens with two attached hydrogens (primary N) is 1. The molecule has 4 nitrogen and oxygen atoms in total. The van der Waals surface area contributed by atoms with Gasteiger partial charge in [0.05, 0.1) is 0 Å². The van der Waals surface area contributed by atoms with Crippen molar-refractivity contribution in [3.8, 4) is 0 Å². The van der Waals surface area contributed by atoms with Crippen LogP contribution in [-0.2, 0) is 9.53 Å². The molecule has 0 aromatic carbocycles. The Morgan fingerprint density at radius 2 is 1.83 bits per heavy atom. The number of carbonyl (C=O) groups excluding carboxylic acids is 1. The lowest BCUT2D eigenvalue weighted by molar-refractivity contribution is -0.121. The fourth-order valence-electron chi connectivity index (χ4n) is 2.08. The first kappa shape index (κ1) is 17.7. The van der Waals surface area contributed by atoms with Crippen LogP contribution in [0.2, 0.25) is 0 Å². The molecule has 1 amide bonds. The lowest BCUT2D eigenvalue weighted by Gasteiger charge is -2.22. The van der Waals surface area contributed by atoms with Gasteiger partial charge in [0.2, 0.25) is 5.91 Å². The van der Waals surface area contributed by atoms with Crippen LogP contribution in [0.3, 0.4) is 0 Å². The van der Waals surface area contributed by atoms with E-state index in [1.807, 2.05) is 0 Å². The maximum absolute atomic E-state index is 11.6. The molecule has 0 radical (unpaired) electrons. The largest absolute Gasteiger partial charge is 0.381 e. The lowest BCUT2D eigenvalue weighted by Crippen LogP contribution is -2.31. The summed E-state index contributed by atoms with van der Waals surface area (Å²) in [6, 6.07) is 0. The van der Waals surface area contributed by atoms with Crippen LogP contribution in [0.15, 0.2) is 0 Å². The first-order valence-corrected chi connectivity index (χ1v) is 6.87. The van der Waals surface area contributed by atoms with Crippen molar-refractivity contribution in [1.82, 2.24) is 5.32 Å². The van der Waals surface area contributed by atoms with Gasteiger partial charge in [0.25, 0.3) is 0 Å². The van der Waals surface area contributed by atoms with Crippen LogP contribution >= 0.6 is 12.4 Å². The standard InChI is InChI=1S/C13H26N2O2.ClH/c14-8-4-2-1-3-5-13(16)15-11-12-6-9-17-10-7-12;/h12H,1-11,14H2,(H,15,16);1H. The normalized spacial score (nSPS) is 16.1. The van der Waals surface area contributed by atoms with E-state index < -0.39 is 0 Å². The molecule has 0 atom stereocenters. The molecular weight excluding hydrogens is 252 g/mol. The Morgan fingerprint density at radius 3 is 2.50 bits per heavy atom. The monoisotopic (exact) mass is 278 g/mol. The average molecular weight is 279 g/mol. The molecule has 18 heavy (non-hydrogen) atoms. The summed E-state index contributed by atoms with van der Waals surface area (Å²) in [4.78, 5) is 11.6. The molecule has 5 heteroatoms. The van der Waals surface area contributed by atoms with E-state index in [0.29, 0.717) is 12.3 Å². The van der Waals surface area contributed by atoms with Crippen molar-refractivity contribution >= 4 is 18.3 Å². The minimum Gasteiger partial charge on any atom is -0.381 e. The van der Waals surface area contributed by atoms with Crippen molar-refractivity contribution in [3.63, 3.8) is 0 Å². The molecule has 0 unspecified atom stereocenters. The number of rotatable bonds is 8. The SMILES string of the molecule is Cl.NCCCCCCC(=O)NCC1CCOCC1. The van der Waals surface area contributed by atoms with Crippen LogP contribution in [0, 0.1) is 5.92 Å². The fraction of sp³-hybridized carbons (Fsp3) is 0.923. The van der Waals surface area contributed by atoms with Gasteiger partial charge in [-0.3, -0.25) is 4.79 Å². The van der Waals surface area contributed by atoms with Gasteiger partial charge >= 0.3 is 0 Å². The smallest absolute Gasteiger partial charge is 0.220 e. The highest BCUT2D eigenvalue weighted by Crippen LogP contribution is 2.13. The van der Waals surface area contributed by atoms with Crippen LogP contribution in [0.4, 0.5) is 0 Å². The molecule has 1 aliphatic heterocycles. The van der Waals surface area contributed by atoms with E-state index in [0.717, 1.165) is 64.8 Å². The van der Waals surface area contributed by atoms with Crippen molar-refractivity contribution in [2.24, 2.45) is 11.7 Å². The summed E-state index contributed by atoms with van der Waals surface area (Å²) in [5.74, 6) is 0.814. The van der Waals surface area contributed by atoms with Crippen LogP contribution in [0.25, 0.3) is 0 Å². The number of halogens is 1. The number of unbranched alkanes of at least 4 members (excludes halogenated alkanes) is 3. The molecule has 1 aliphatic rings. The van der Waals surface area contributed by atoms with Gasteiger partial charge in [0.15, 0.2) is 0 Å². The van der Waals surface area contributed by atoms with Gasteiger partial charge in [-0.05, 0) is 38.1 Å². The number of nitrogens with one attached hydrogen (secondary N) is 1. The first-order valence-electron chi connectivity index (χ1n) is 6.87. The van der Waals surface area contributed by atoms with Crippen LogP contribution < -0.4 is 11.1 Å². The first-order chi connectivity index (χ1) is 8.33. The molecule has 1 saturated heterocycles. The summed E-state index contributed by atoms with van der Waals surface area (Å²) in [7, 11) is 0. The van der Waals surface area contributed by atoms with Crippen molar-refractivity contribution in [2.45, 2.75) is 44.9 Å². The van der Waals surface area contributed by atoms with Gasteiger partial charge in [-0.1, -0.05) is 12.8 Å². The van der Waals surface area contributed by atoms with E-state index in [1.165, 1.54) is 0 Å². The Bertz CT molecular complexity index is 209. The number of hydrogen-bond donors (Lipinski definition) is 2. The van der Waals surface area contributed by atoms with Crippen molar-refractivity contribution in [2.75, 3.05) is 26.3 Å². The van der Waals surface area contributed by atoms with Crippen molar-refractivity contribution < 1.29 is 9.53 Å². The summed E-state index contributed by atoms with van der Waals surface area (Å²) >= 11 is 0. The van der Waals surface area contributed by atoms with E-state index in [1.54, 1.807) is 0 Å². The third-order valence-corrected chi connectivity index (χ3v) is 3.29. The van der Waals surface area contributed by atoms with Gasteiger partial charge in [-0.2, -0.15) is 0 Å². The van der Waals surface area contributed by atoms with Crippen LogP contribution in [0.5, 0.6) is 0 Å². The third-order valence-electron chi connectivity index (χ3n) is 3.29. The molecule has 0 saturated carbocycles. The van der Waals surface area contributed by atoms with Gasteiger partial charge in [-0.15, -0.1) is 12.4 Å². The Balaban J connectivity index is 0.00000289. The third kappa shape index (κ3) is 8.72. The second-order valence-corrected chi connectivity index (χ2v) is 4.81. The van der Waals surface area contributed by atoms with Gasteiger partial charge in [0.1, 0.15) is 0 Å². The number of amides is 1. The summed E-state index contributed by atoms with van der Waals surface area (Å²) in [6.45, 7) is 3.28. The minimum atomic E-state index is 0. The van der Waals surface area contributed by atoms with Crippen molar-refractivity contribution in [1.29, 1.82) is 0 Å². The van der Waals surface area contributed by atoms with Crippen LogP contribution in [0.1, 0.15) is 44.9 Å². The highest BCUT2D eigenvalue weighted by molar-refractivity contribution is 5.85. The Labute approximate surface area is 116 Å². The lowest BCUT2D eigenvalue weighted by atomic mass is 10.0. The molecule has 1 rings (SSSR count). The van der Waals surface area contributed by atoms with Crippen molar-refractivity contribution in [3.05, 3.63) is 0 Å². The maximum Gasteiger partial charge on any atom is 0.220 e. The molecule has 108 valence electrons. The summed E-state index contributed by atoms with van der Waals surface area (Å²) < 4.78 is 5.29. The Morgan fingerprint density at radius 1 is 1.17 bits per heavy atom. The number of hydrogen-bond acceptors (Lipinski definition) is 3. The molecule has 0 spiro atoms. The second kappa shape index (κ2) is 11.8. The summed E-state index contributed by atoms with van der Waals surface area (Å²) in [5.41, 5.74) is 5.41. The topological polar surface area (TPSA) is 64.4 Å². The highest BCUT2D eigenvalue weighted by atomic mass is 35.5. The van der Waals surface area contributed by atoms with Gasteiger partial charge in [0, 0.05) is 26.2 Å². The predicted molar refractivity (Wildman–Crippen MR) is 75.9 cm³/mol. The predicted octanol–water partition coefficient (Wildman–Crippen LogP) is 1.86. The highest BCUT2D eigenvalue weighted by Gasteiger charge is 2.14. The zero-order valence-electron chi connectivity index (χ0n) is 11.2. The maximum atomic E-state index is 11.6. The average Bonchev–Trinajstić information content (AvgIpc) is 2.37. The van der Waals surface area contributed by atoms with E-state index in [4.69, 9.17) is 10.5 Å². The van der Waals surface area contributed by atoms with Crippen LogP contribution in [-0.4, -0.2) is 32.2 Å². The molecule has 0 aromatic rings. The molecular formula is C13H27ClN2O2. The van der Waals surface area contributed by atoms with E-state index >= 15 is 0 Å². The molecule has 0 aromatic heterocycles. The Hall–Kier alpha value is -0.320. The fourth-order valence-corrected chi connectivity index (χ4v) is 2.08. The molecule has 1 fully saturated rings. The summed E-state index contributed by atoms with van der Waals surface area (Å²) in [5, 5.41) is 3.02. The van der Waals surface area contributed by atoms with Gasteiger partial charge in [-0.25, -0.2) is 0 Å². The summed E-state index contributed by atoms with van der Waals surface area (Å²) in [6.07, 6.45) is 7.14. The molecule has 0 bridgehead atoms. The van der Waals surface area contributed by atoms with Gasteiger partial charge < -0.3 is 15.8 Å². The quantitative estimate of drug-likeness (QED) is 0.666. The zero-order chi connectivity index (χ0) is 12.3. The Kier molecular flexibility index (Phi) is 11.5. The van der Waals surface area contributed by atoms with E-state index in [9.17, 15) is 4.79 Å². The van der Waals surface area contributed by atoms with E-state index in [2.05, 4.69) is 5.32 Å².